The highest BCUT2D eigenvalue weighted by Crippen LogP contribution is 2.20. The van der Waals surface area contributed by atoms with Gasteiger partial charge in [-0.25, -0.2) is 4.39 Å². The number of carbonyl (C=O) groups is 1. The van der Waals surface area contributed by atoms with Crippen LogP contribution < -0.4 is 15.1 Å². The number of quaternary nitrogens is 2. The summed E-state index contributed by atoms with van der Waals surface area (Å²) in [5.41, 5.74) is 0.639. The van der Waals surface area contributed by atoms with Crippen molar-refractivity contribution < 1.29 is 19.0 Å². The summed E-state index contributed by atoms with van der Waals surface area (Å²) in [6.07, 6.45) is 0. The highest BCUT2D eigenvalue weighted by molar-refractivity contribution is 7.16. The molecule has 0 atom stereocenters. The molecule has 3 rings (SSSR count). The van der Waals surface area contributed by atoms with E-state index in [2.05, 4.69) is 11.4 Å². The van der Waals surface area contributed by atoms with Crippen LogP contribution in [0.2, 0.25) is 4.34 Å². The van der Waals surface area contributed by atoms with Crippen molar-refractivity contribution in [2.45, 2.75) is 6.54 Å². The lowest BCUT2D eigenvalue weighted by Crippen LogP contribution is -3.28. The minimum absolute atomic E-state index is 0.0231. The maximum atomic E-state index is 12.9. The van der Waals surface area contributed by atoms with Gasteiger partial charge in [0.1, 0.15) is 38.5 Å². The van der Waals surface area contributed by atoms with E-state index in [0.29, 0.717) is 12.2 Å². The number of halogens is 2. The molecule has 1 aliphatic rings. The summed E-state index contributed by atoms with van der Waals surface area (Å²) in [5, 5.41) is 2.82. The van der Waals surface area contributed by atoms with Gasteiger partial charge in [-0.1, -0.05) is 11.6 Å². The van der Waals surface area contributed by atoms with Crippen molar-refractivity contribution in [1.82, 2.24) is 0 Å². The van der Waals surface area contributed by atoms with Crippen LogP contribution in [0.4, 0.5) is 10.1 Å². The van der Waals surface area contributed by atoms with Crippen molar-refractivity contribution in [2.24, 2.45) is 0 Å². The van der Waals surface area contributed by atoms with Crippen LogP contribution in [-0.2, 0) is 11.3 Å². The minimum Gasteiger partial charge on any atom is -0.321 e. The van der Waals surface area contributed by atoms with Crippen LogP contribution in [0.1, 0.15) is 4.88 Å². The Morgan fingerprint density at radius 2 is 1.75 bits per heavy atom. The number of anilines is 1. The predicted molar refractivity (Wildman–Crippen MR) is 94.3 cm³/mol. The quantitative estimate of drug-likeness (QED) is 0.704. The molecule has 7 heteroatoms. The van der Waals surface area contributed by atoms with Crippen molar-refractivity contribution in [1.29, 1.82) is 0 Å². The summed E-state index contributed by atoms with van der Waals surface area (Å²) in [5.74, 6) is -0.324. The fourth-order valence-corrected chi connectivity index (χ4v) is 4.13. The predicted octanol–water partition coefficient (Wildman–Crippen LogP) is 0.463. The average Bonchev–Trinajstić information content (AvgIpc) is 2.96. The van der Waals surface area contributed by atoms with E-state index < -0.39 is 0 Å². The first-order valence-electron chi connectivity index (χ1n) is 8.05. The first-order valence-corrected chi connectivity index (χ1v) is 9.25. The molecule has 1 fully saturated rings. The van der Waals surface area contributed by atoms with E-state index >= 15 is 0 Å². The Labute approximate surface area is 149 Å². The zero-order chi connectivity index (χ0) is 16.9. The number of piperazine rings is 1. The van der Waals surface area contributed by atoms with Gasteiger partial charge in [-0.3, -0.25) is 4.79 Å². The van der Waals surface area contributed by atoms with Crippen molar-refractivity contribution in [3.8, 4) is 0 Å². The average molecular weight is 370 g/mol. The van der Waals surface area contributed by atoms with Crippen LogP contribution in [0.5, 0.6) is 0 Å². The maximum Gasteiger partial charge on any atom is 0.279 e. The number of hydrogen-bond donors (Lipinski definition) is 3. The summed E-state index contributed by atoms with van der Waals surface area (Å²) in [6, 6.07) is 9.90. The smallest absolute Gasteiger partial charge is 0.279 e. The molecular formula is C17H21ClFN3OS+2. The minimum atomic E-state index is -0.301. The van der Waals surface area contributed by atoms with Gasteiger partial charge in [0.05, 0.1) is 9.21 Å². The zero-order valence-corrected chi connectivity index (χ0v) is 14.9. The first kappa shape index (κ1) is 17.4. The highest BCUT2D eigenvalue weighted by Gasteiger charge is 2.25. The van der Waals surface area contributed by atoms with Gasteiger partial charge in [-0.2, -0.15) is 0 Å². The van der Waals surface area contributed by atoms with Gasteiger partial charge in [0, 0.05) is 5.69 Å². The largest absolute Gasteiger partial charge is 0.321 e. The standard InChI is InChI=1S/C17H19ClFN3OS/c18-16-6-5-15(24-16)11-21-7-9-22(10-8-21)12-17(23)20-14-3-1-13(19)2-4-14/h1-6H,7-12H2,(H,20,23)/p+2. The fourth-order valence-electron chi connectivity index (χ4n) is 2.97. The van der Waals surface area contributed by atoms with Gasteiger partial charge in [-0.05, 0) is 36.4 Å². The van der Waals surface area contributed by atoms with Crippen LogP contribution in [0.3, 0.4) is 0 Å². The summed E-state index contributed by atoms with van der Waals surface area (Å²) in [6.45, 7) is 5.52. The molecule has 1 aromatic carbocycles. The van der Waals surface area contributed by atoms with E-state index in [0.717, 1.165) is 37.1 Å². The summed E-state index contributed by atoms with van der Waals surface area (Å²) in [4.78, 5) is 16.2. The number of amides is 1. The maximum absolute atomic E-state index is 12.9. The van der Waals surface area contributed by atoms with Crippen LogP contribution in [-0.4, -0.2) is 38.6 Å². The molecular weight excluding hydrogens is 349 g/mol. The molecule has 2 heterocycles. The van der Waals surface area contributed by atoms with E-state index in [1.807, 2.05) is 6.07 Å². The molecule has 0 spiro atoms. The summed E-state index contributed by atoms with van der Waals surface area (Å²) in [7, 11) is 0. The second kappa shape index (κ2) is 8.07. The van der Waals surface area contributed by atoms with Gasteiger partial charge >= 0.3 is 0 Å². The molecule has 0 aliphatic carbocycles. The Hall–Kier alpha value is -1.47. The highest BCUT2D eigenvalue weighted by atomic mass is 35.5. The van der Waals surface area contributed by atoms with Crippen molar-refractivity contribution >= 4 is 34.5 Å². The Morgan fingerprint density at radius 3 is 2.38 bits per heavy atom. The summed E-state index contributed by atoms with van der Waals surface area (Å²) >= 11 is 7.62. The monoisotopic (exact) mass is 369 g/mol. The molecule has 0 radical (unpaired) electrons. The van der Waals surface area contributed by atoms with E-state index in [4.69, 9.17) is 11.6 Å². The third-order valence-corrected chi connectivity index (χ3v) is 5.49. The Bertz CT molecular complexity index is 683. The third-order valence-electron chi connectivity index (χ3n) is 4.26. The Kier molecular flexibility index (Phi) is 5.84. The normalized spacial score (nSPS) is 20.8. The van der Waals surface area contributed by atoms with Gasteiger partial charge < -0.3 is 15.1 Å². The number of benzene rings is 1. The molecule has 1 amide bonds. The molecule has 1 aromatic heterocycles. The van der Waals surface area contributed by atoms with Crippen LogP contribution >= 0.6 is 22.9 Å². The number of nitrogens with one attached hydrogen (secondary N) is 3. The molecule has 1 aliphatic heterocycles. The van der Waals surface area contributed by atoms with Gasteiger partial charge in [0.2, 0.25) is 0 Å². The van der Waals surface area contributed by atoms with Crippen LogP contribution in [0, 0.1) is 5.82 Å². The topological polar surface area (TPSA) is 38.0 Å². The van der Waals surface area contributed by atoms with Gasteiger partial charge in [0.15, 0.2) is 6.54 Å². The number of rotatable bonds is 5. The lowest BCUT2D eigenvalue weighted by molar-refractivity contribution is -1.01. The molecule has 2 aromatic rings. The molecule has 0 saturated carbocycles. The molecule has 4 nitrogen and oxygen atoms in total. The van der Waals surface area contributed by atoms with Crippen LogP contribution in [0.25, 0.3) is 0 Å². The second-order valence-corrected chi connectivity index (χ2v) is 7.91. The molecule has 0 bridgehead atoms. The zero-order valence-electron chi connectivity index (χ0n) is 13.3. The third kappa shape index (κ3) is 5.01. The molecule has 3 N–H and O–H groups in total. The molecule has 24 heavy (non-hydrogen) atoms. The van der Waals surface area contributed by atoms with Crippen molar-refractivity contribution in [2.75, 3.05) is 38.0 Å². The van der Waals surface area contributed by atoms with Crippen molar-refractivity contribution in [3.63, 3.8) is 0 Å². The Balaban J connectivity index is 1.41. The molecule has 0 unspecified atom stereocenters. The van der Waals surface area contributed by atoms with Gasteiger partial charge in [-0.15, -0.1) is 11.3 Å². The van der Waals surface area contributed by atoms with E-state index in [-0.39, 0.29) is 11.7 Å². The number of carbonyl (C=O) groups excluding carboxylic acids is 1. The van der Waals surface area contributed by atoms with E-state index in [1.165, 1.54) is 26.8 Å². The Morgan fingerprint density at radius 1 is 1.08 bits per heavy atom. The fraction of sp³-hybridized carbons (Fsp3) is 0.353. The van der Waals surface area contributed by atoms with Crippen LogP contribution in [0.15, 0.2) is 36.4 Å². The number of thiophene rings is 1. The van der Waals surface area contributed by atoms with E-state index in [9.17, 15) is 9.18 Å². The first-order chi connectivity index (χ1) is 11.6. The molecule has 1 saturated heterocycles. The summed E-state index contributed by atoms with van der Waals surface area (Å²) < 4.78 is 13.7. The SMILES string of the molecule is O=C(C[NH+]1CC[NH+](Cc2ccc(Cl)s2)CC1)Nc1ccc(F)cc1. The number of hydrogen-bond acceptors (Lipinski definition) is 2. The van der Waals surface area contributed by atoms with E-state index in [1.54, 1.807) is 23.5 Å². The molecule has 128 valence electrons. The lowest BCUT2D eigenvalue weighted by atomic mass is 10.3. The second-order valence-electron chi connectivity index (χ2n) is 6.11. The van der Waals surface area contributed by atoms with Crippen molar-refractivity contribution in [3.05, 3.63) is 51.4 Å². The lowest BCUT2D eigenvalue weighted by Gasteiger charge is -2.29. The van der Waals surface area contributed by atoms with Gasteiger partial charge in [0.25, 0.3) is 5.91 Å².